The fourth-order valence-electron chi connectivity index (χ4n) is 1.46. The summed E-state index contributed by atoms with van der Waals surface area (Å²) in [5.74, 6) is -2.59. The minimum atomic E-state index is -1.39. The molecular weight excluding hydrogens is 271 g/mol. The van der Waals surface area contributed by atoms with Crippen LogP contribution in [0.2, 0.25) is 0 Å². The molecule has 0 unspecified atom stereocenters. The van der Waals surface area contributed by atoms with Crippen molar-refractivity contribution in [3.63, 3.8) is 0 Å². The molecule has 0 aliphatic carbocycles. The highest BCUT2D eigenvalue weighted by Gasteiger charge is 2.32. The third-order valence-electron chi connectivity index (χ3n) is 2.53. The molecule has 8 heteroatoms. The van der Waals surface area contributed by atoms with Crippen LogP contribution in [0.1, 0.15) is 24.2 Å². The smallest absolute Gasteiger partial charge is 0.330 e. The number of ether oxygens (including phenoxy) is 1. The number of rotatable bonds is 4. The number of nitro benzene ring substituents is 1. The van der Waals surface area contributed by atoms with Crippen molar-refractivity contribution < 1.29 is 23.6 Å². The largest absolute Gasteiger partial charge is 0.467 e. The molecule has 0 bridgehead atoms. The Morgan fingerprint density at radius 2 is 2.00 bits per heavy atom. The van der Waals surface area contributed by atoms with E-state index in [1.54, 1.807) is 0 Å². The molecule has 0 radical (unpaired) electrons. The maximum Gasteiger partial charge on any atom is 0.330 e. The number of methoxy groups -OCH3 is 1. The minimum absolute atomic E-state index is 0.424. The number of carbonyl (C=O) groups is 2. The van der Waals surface area contributed by atoms with Crippen LogP contribution in [0.4, 0.5) is 10.1 Å². The number of hydrogen-bond donors (Lipinski definition) is 1. The number of nitrogens with one attached hydrogen (secondary N) is 1. The van der Waals surface area contributed by atoms with Crippen molar-refractivity contribution in [2.75, 3.05) is 7.11 Å². The molecule has 1 aromatic rings. The molecule has 0 aliphatic heterocycles. The summed E-state index contributed by atoms with van der Waals surface area (Å²) in [4.78, 5) is 33.2. The molecule has 20 heavy (non-hydrogen) atoms. The molecule has 1 N–H and O–H groups in total. The van der Waals surface area contributed by atoms with Crippen molar-refractivity contribution in [1.82, 2.24) is 5.32 Å². The van der Waals surface area contributed by atoms with Crippen LogP contribution in [0, 0.1) is 15.9 Å². The Morgan fingerprint density at radius 1 is 1.40 bits per heavy atom. The zero-order valence-corrected chi connectivity index (χ0v) is 11.1. The molecule has 0 saturated heterocycles. The highest BCUT2D eigenvalue weighted by molar-refractivity contribution is 5.98. The van der Waals surface area contributed by atoms with Crippen molar-refractivity contribution in [3.05, 3.63) is 39.7 Å². The predicted molar refractivity (Wildman–Crippen MR) is 66.6 cm³/mol. The summed E-state index contributed by atoms with van der Waals surface area (Å²) in [7, 11) is 1.14. The van der Waals surface area contributed by atoms with Crippen LogP contribution in [0.5, 0.6) is 0 Å². The van der Waals surface area contributed by atoms with Crippen LogP contribution in [0.3, 0.4) is 0 Å². The van der Waals surface area contributed by atoms with Crippen LogP contribution in [0.25, 0.3) is 0 Å². The fraction of sp³-hybridized carbons (Fsp3) is 0.333. The van der Waals surface area contributed by atoms with Crippen LogP contribution in [0.15, 0.2) is 18.2 Å². The number of esters is 1. The number of nitrogens with zero attached hydrogens (tertiary/aromatic N) is 1. The van der Waals surface area contributed by atoms with Gasteiger partial charge in [0, 0.05) is 12.1 Å². The topological polar surface area (TPSA) is 98.5 Å². The zero-order valence-electron chi connectivity index (χ0n) is 11.1. The van der Waals surface area contributed by atoms with E-state index in [0.29, 0.717) is 0 Å². The Bertz CT molecular complexity index is 571. The third kappa shape index (κ3) is 3.28. The van der Waals surface area contributed by atoms with Crippen molar-refractivity contribution >= 4 is 17.6 Å². The molecule has 0 atom stereocenters. The van der Waals surface area contributed by atoms with Gasteiger partial charge in [-0.05, 0) is 19.9 Å². The second-order valence-electron chi connectivity index (χ2n) is 4.49. The molecule has 0 aromatic heterocycles. The maximum atomic E-state index is 13.5. The Labute approximate surface area is 113 Å². The summed E-state index contributed by atoms with van der Waals surface area (Å²) >= 11 is 0. The molecule has 1 rings (SSSR count). The average molecular weight is 284 g/mol. The second kappa shape index (κ2) is 5.64. The number of nitro groups is 1. The van der Waals surface area contributed by atoms with E-state index in [-0.39, 0.29) is 0 Å². The van der Waals surface area contributed by atoms with E-state index < -0.39 is 39.4 Å². The summed E-state index contributed by atoms with van der Waals surface area (Å²) in [5.41, 5.74) is -2.33. The van der Waals surface area contributed by atoms with Gasteiger partial charge < -0.3 is 10.1 Å². The summed E-state index contributed by atoms with van der Waals surface area (Å²) in [5, 5.41) is 12.9. The quantitative estimate of drug-likeness (QED) is 0.512. The summed E-state index contributed by atoms with van der Waals surface area (Å²) < 4.78 is 18.0. The standard InChI is InChI=1S/C12H13FN2O5/c1-12(2,11(17)20-3)14-10(16)8-6-7(15(18)19)4-5-9(8)13/h4-6H,1-3H3,(H,14,16). The molecule has 0 aliphatic rings. The molecule has 1 amide bonds. The number of amides is 1. The van der Waals surface area contributed by atoms with E-state index >= 15 is 0 Å². The predicted octanol–water partition coefficient (Wildman–Crippen LogP) is 1.42. The highest BCUT2D eigenvalue weighted by Crippen LogP contribution is 2.18. The number of hydrogen-bond acceptors (Lipinski definition) is 5. The average Bonchev–Trinajstić information content (AvgIpc) is 2.37. The van der Waals surface area contributed by atoms with Gasteiger partial charge in [0.05, 0.1) is 17.6 Å². The second-order valence-corrected chi connectivity index (χ2v) is 4.49. The Morgan fingerprint density at radius 3 is 2.50 bits per heavy atom. The van der Waals surface area contributed by atoms with Gasteiger partial charge in [0.15, 0.2) is 0 Å². The molecule has 1 aromatic carbocycles. The van der Waals surface area contributed by atoms with Crippen molar-refractivity contribution in [3.8, 4) is 0 Å². The van der Waals surface area contributed by atoms with Gasteiger partial charge in [-0.25, -0.2) is 9.18 Å². The maximum absolute atomic E-state index is 13.5. The Kier molecular flexibility index (Phi) is 4.38. The molecule has 108 valence electrons. The van der Waals surface area contributed by atoms with E-state index in [0.717, 1.165) is 25.3 Å². The molecule has 7 nitrogen and oxygen atoms in total. The van der Waals surface area contributed by atoms with E-state index in [1.807, 2.05) is 0 Å². The van der Waals surface area contributed by atoms with Crippen LogP contribution in [-0.4, -0.2) is 29.4 Å². The number of benzene rings is 1. The van der Waals surface area contributed by atoms with E-state index in [4.69, 9.17) is 0 Å². The molecule has 0 heterocycles. The van der Waals surface area contributed by atoms with E-state index in [9.17, 15) is 24.1 Å². The van der Waals surface area contributed by atoms with Gasteiger partial charge in [0.2, 0.25) is 0 Å². The van der Waals surface area contributed by atoms with Crippen molar-refractivity contribution in [2.45, 2.75) is 19.4 Å². The van der Waals surface area contributed by atoms with Crippen molar-refractivity contribution in [2.24, 2.45) is 0 Å². The van der Waals surface area contributed by atoms with Gasteiger partial charge in [-0.1, -0.05) is 0 Å². The summed E-state index contributed by atoms with van der Waals surface area (Å²) in [6.07, 6.45) is 0. The lowest BCUT2D eigenvalue weighted by Crippen LogP contribution is -2.50. The molecular formula is C12H13FN2O5. The fourth-order valence-corrected chi connectivity index (χ4v) is 1.46. The Hall–Kier alpha value is -2.51. The molecule has 0 saturated carbocycles. The lowest BCUT2D eigenvalue weighted by Gasteiger charge is -2.23. The molecule has 0 spiro atoms. The number of non-ortho nitro benzene ring substituents is 1. The van der Waals surface area contributed by atoms with Crippen molar-refractivity contribution in [1.29, 1.82) is 0 Å². The van der Waals surface area contributed by atoms with Crippen LogP contribution in [-0.2, 0) is 9.53 Å². The zero-order chi connectivity index (χ0) is 15.5. The number of carbonyl (C=O) groups excluding carboxylic acids is 2. The first-order valence-corrected chi connectivity index (χ1v) is 5.54. The van der Waals surface area contributed by atoms with Gasteiger partial charge >= 0.3 is 5.97 Å². The van der Waals surface area contributed by atoms with Crippen LogP contribution < -0.4 is 5.32 Å². The van der Waals surface area contributed by atoms with Gasteiger partial charge in [0.25, 0.3) is 11.6 Å². The summed E-state index contributed by atoms with van der Waals surface area (Å²) in [6.45, 7) is 2.73. The van der Waals surface area contributed by atoms with E-state index in [1.165, 1.54) is 13.8 Å². The lowest BCUT2D eigenvalue weighted by atomic mass is 10.0. The third-order valence-corrected chi connectivity index (χ3v) is 2.53. The van der Waals surface area contributed by atoms with Gasteiger partial charge in [-0.3, -0.25) is 14.9 Å². The normalized spacial score (nSPS) is 10.8. The summed E-state index contributed by atoms with van der Waals surface area (Å²) in [6, 6.07) is 2.56. The highest BCUT2D eigenvalue weighted by atomic mass is 19.1. The first-order valence-electron chi connectivity index (χ1n) is 5.54. The van der Waals surface area contributed by atoms with E-state index in [2.05, 4.69) is 10.1 Å². The monoisotopic (exact) mass is 284 g/mol. The lowest BCUT2D eigenvalue weighted by molar-refractivity contribution is -0.384. The number of halogens is 1. The van der Waals surface area contributed by atoms with Gasteiger partial charge in [0.1, 0.15) is 11.4 Å². The Balaban J connectivity index is 3.07. The first kappa shape index (κ1) is 15.5. The first-order chi connectivity index (χ1) is 9.19. The van der Waals surface area contributed by atoms with Gasteiger partial charge in [-0.2, -0.15) is 0 Å². The SMILES string of the molecule is COC(=O)C(C)(C)NC(=O)c1cc([N+](=O)[O-])ccc1F. The van der Waals surface area contributed by atoms with Gasteiger partial charge in [-0.15, -0.1) is 0 Å². The minimum Gasteiger partial charge on any atom is -0.467 e. The molecule has 0 fully saturated rings. The van der Waals surface area contributed by atoms with Crippen LogP contribution >= 0.6 is 0 Å².